The minimum Gasteiger partial charge on any atom is -0.493 e. The number of aromatic amines is 1. The van der Waals surface area contributed by atoms with Crippen LogP contribution < -0.4 is 9.47 Å². The van der Waals surface area contributed by atoms with Gasteiger partial charge in [0.25, 0.3) is 0 Å². The van der Waals surface area contributed by atoms with Crippen molar-refractivity contribution in [2.75, 3.05) is 7.11 Å². The summed E-state index contributed by atoms with van der Waals surface area (Å²) < 4.78 is 25.9. The first-order valence-electron chi connectivity index (χ1n) is 8.34. The molecule has 0 saturated heterocycles. The summed E-state index contributed by atoms with van der Waals surface area (Å²) in [5, 5.41) is 0. The lowest BCUT2D eigenvalue weighted by molar-refractivity contribution is 0.278. The van der Waals surface area contributed by atoms with Crippen LogP contribution in [-0.4, -0.2) is 17.1 Å². The fourth-order valence-corrected chi connectivity index (χ4v) is 3.41. The van der Waals surface area contributed by atoms with Crippen LogP contribution in [0.3, 0.4) is 0 Å². The lowest BCUT2D eigenvalue weighted by atomic mass is 10.2. The molecule has 0 aliphatic rings. The zero-order valence-electron chi connectivity index (χ0n) is 14.5. The molecule has 0 amide bonds. The third-order valence-corrected chi connectivity index (χ3v) is 4.81. The van der Waals surface area contributed by atoms with Gasteiger partial charge in [0, 0.05) is 11.1 Å². The van der Waals surface area contributed by atoms with Crippen LogP contribution >= 0.6 is 15.9 Å². The van der Waals surface area contributed by atoms with E-state index in [9.17, 15) is 4.39 Å². The molecule has 0 aliphatic carbocycles. The number of benzene rings is 3. The van der Waals surface area contributed by atoms with E-state index in [-0.39, 0.29) is 12.4 Å². The molecule has 3 aromatic carbocycles. The fraction of sp³-hybridized carbons (Fsp3) is 0.0952. The number of methoxy groups -OCH3 is 1. The molecule has 6 heteroatoms. The van der Waals surface area contributed by atoms with Crippen LogP contribution in [0.1, 0.15) is 5.56 Å². The first-order valence-corrected chi connectivity index (χ1v) is 9.14. The normalized spacial score (nSPS) is 10.9. The lowest BCUT2D eigenvalue weighted by Crippen LogP contribution is -2.01. The van der Waals surface area contributed by atoms with Gasteiger partial charge in [-0.2, -0.15) is 0 Å². The second kappa shape index (κ2) is 7.40. The Hall–Kier alpha value is -2.86. The molecule has 0 unspecified atom stereocenters. The Morgan fingerprint density at radius 3 is 2.63 bits per heavy atom. The molecular formula is C21H16BrFN2O2. The molecule has 0 fully saturated rings. The van der Waals surface area contributed by atoms with Crippen LogP contribution in [0.15, 0.2) is 65.1 Å². The maximum absolute atomic E-state index is 13.8. The van der Waals surface area contributed by atoms with Gasteiger partial charge in [-0.15, -0.1) is 0 Å². The second-order valence-corrected chi connectivity index (χ2v) is 6.83. The van der Waals surface area contributed by atoms with Gasteiger partial charge in [0.1, 0.15) is 18.2 Å². The summed E-state index contributed by atoms with van der Waals surface area (Å²) in [6.45, 7) is 0.103. The lowest BCUT2D eigenvalue weighted by Gasteiger charge is -2.14. The quantitative estimate of drug-likeness (QED) is 0.443. The van der Waals surface area contributed by atoms with Crippen molar-refractivity contribution >= 4 is 27.0 Å². The predicted octanol–water partition coefficient (Wildman–Crippen LogP) is 5.72. The Kier molecular flexibility index (Phi) is 4.81. The number of ether oxygens (including phenoxy) is 2. The van der Waals surface area contributed by atoms with E-state index in [1.54, 1.807) is 25.3 Å². The zero-order chi connectivity index (χ0) is 18.8. The van der Waals surface area contributed by atoms with Crippen LogP contribution in [0.25, 0.3) is 22.4 Å². The van der Waals surface area contributed by atoms with Crippen LogP contribution in [-0.2, 0) is 6.61 Å². The van der Waals surface area contributed by atoms with Gasteiger partial charge in [-0.25, -0.2) is 9.37 Å². The predicted molar refractivity (Wildman–Crippen MR) is 107 cm³/mol. The second-order valence-electron chi connectivity index (χ2n) is 5.97. The molecule has 0 radical (unpaired) electrons. The summed E-state index contributed by atoms with van der Waals surface area (Å²) in [6, 6.07) is 18.1. The molecule has 27 heavy (non-hydrogen) atoms. The minimum absolute atomic E-state index is 0.103. The molecule has 1 N–H and O–H groups in total. The van der Waals surface area contributed by atoms with Crippen molar-refractivity contribution in [1.82, 2.24) is 9.97 Å². The van der Waals surface area contributed by atoms with E-state index in [1.807, 2.05) is 36.4 Å². The van der Waals surface area contributed by atoms with Crippen molar-refractivity contribution < 1.29 is 13.9 Å². The summed E-state index contributed by atoms with van der Waals surface area (Å²) >= 11 is 3.53. The summed E-state index contributed by atoms with van der Waals surface area (Å²) in [5.41, 5.74) is 3.19. The molecule has 0 atom stereocenters. The Balaban J connectivity index is 1.67. The molecule has 136 valence electrons. The van der Waals surface area contributed by atoms with E-state index in [0.29, 0.717) is 21.5 Å². The Labute approximate surface area is 164 Å². The molecule has 4 aromatic rings. The minimum atomic E-state index is -0.300. The van der Waals surface area contributed by atoms with E-state index in [0.717, 1.165) is 22.4 Å². The SMILES string of the molecule is COc1cc(-c2nc3ccccc3[nH]2)cc(Br)c1OCc1ccccc1F. The topological polar surface area (TPSA) is 47.1 Å². The Bertz CT molecular complexity index is 1080. The molecular weight excluding hydrogens is 411 g/mol. The van der Waals surface area contributed by atoms with E-state index in [1.165, 1.54) is 6.07 Å². The average Bonchev–Trinajstić information content (AvgIpc) is 3.12. The molecule has 1 aromatic heterocycles. The summed E-state index contributed by atoms with van der Waals surface area (Å²) in [4.78, 5) is 7.91. The highest BCUT2D eigenvalue weighted by Crippen LogP contribution is 2.40. The first kappa shape index (κ1) is 17.5. The van der Waals surface area contributed by atoms with Gasteiger partial charge in [0.2, 0.25) is 0 Å². The number of imidazole rings is 1. The molecule has 1 heterocycles. The highest BCUT2D eigenvalue weighted by atomic mass is 79.9. The Morgan fingerprint density at radius 2 is 1.85 bits per heavy atom. The van der Waals surface area contributed by atoms with Gasteiger partial charge >= 0.3 is 0 Å². The standard InChI is InChI=1S/C21H16BrFN2O2/c1-26-19-11-14(21-24-17-8-4-5-9-18(17)25-21)10-15(22)20(19)27-12-13-6-2-3-7-16(13)23/h2-11H,12H2,1H3,(H,24,25). The number of halogens is 2. The van der Waals surface area contributed by atoms with Crippen molar-refractivity contribution in [3.05, 3.63) is 76.5 Å². The number of aromatic nitrogens is 2. The van der Waals surface area contributed by atoms with Crippen molar-refractivity contribution in [3.8, 4) is 22.9 Å². The van der Waals surface area contributed by atoms with E-state index in [2.05, 4.69) is 25.9 Å². The number of hydrogen-bond acceptors (Lipinski definition) is 3. The van der Waals surface area contributed by atoms with Gasteiger partial charge < -0.3 is 14.5 Å². The number of hydrogen-bond donors (Lipinski definition) is 1. The van der Waals surface area contributed by atoms with Crippen LogP contribution in [0.5, 0.6) is 11.5 Å². The zero-order valence-corrected chi connectivity index (χ0v) is 16.1. The molecule has 0 aliphatic heterocycles. The molecule has 4 nitrogen and oxygen atoms in total. The maximum atomic E-state index is 13.8. The highest BCUT2D eigenvalue weighted by Gasteiger charge is 2.15. The largest absolute Gasteiger partial charge is 0.493 e. The number of nitrogens with one attached hydrogen (secondary N) is 1. The monoisotopic (exact) mass is 426 g/mol. The fourth-order valence-electron chi connectivity index (χ4n) is 2.85. The third kappa shape index (κ3) is 3.53. The van der Waals surface area contributed by atoms with Crippen LogP contribution in [0, 0.1) is 5.82 Å². The molecule has 0 spiro atoms. The Morgan fingerprint density at radius 1 is 1.07 bits per heavy atom. The average molecular weight is 427 g/mol. The summed E-state index contributed by atoms with van der Waals surface area (Å²) in [6.07, 6.45) is 0. The molecule has 0 bridgehead atoms. The van der Waals surface area contributed by atoms with Crippen molar-refractivity contribution in [3.63, 3.8) is 0 Å². The van der Waals surface area contributed by atoms with Crippen molar-refractivity contribution in [1.29, 1.82) is 0 Å². The van der Waals surface area contributed by atoms with E-state index < -0.39 is 0 Å². The van der Waals surface area contributed by atoms with Gasteiger partial charge in [0.05, 0.1) is 22.6 Å². The van der Waals surface area contributed by atoms with Gasteiger partial charge in [-0.05, 0) is 46.3 Å². The molecule has 4 rings (SSSR count). The van der Waals surface area contributed by atoms with Crippen LogP contribution in [0.2, 0.25) is 0 Å². The van der Waals surface area contributed by atoms with Gasteiger partial charge in [-0.1, -0.05) is 30.3 Å². The number of nitrogens with zero attached hydrogens (tertiary/aromatic N) is 1. The number of rotatable bonds is 5. The van der Waals surface area contributed by atoms with E-state index in [4.69, 9.17) is 9.47 Å². The smallest absolute Gasteiger partial charge is 0.175 e. The summed E-state index contributed by atoms with van der Waals surface area (Å²) in [5.74, 6) is 1.49. The van der Waals surface area contributed by atoms with Gasteiger partial charge in [0.15, 0.2) is 11.5 Å². The third-order valence-electron chi connectivity index (χ3n) is 4.22. The van der Waals surface area contributed by atoms with E-state index >= 15 is 0 Å². The summed E-state index contributed by atoms with van der Waals surface area (Å²) in [7, 11) is 1.57. The first-order chi connectivity index (χ1) is 13.2. The van der Waals surface area contributed by atoms with Crippen molar-refractivity contribution in [2.24, 2.45) is 0 Å². The highest BCUT2D eigenvalue weighted by molar-refractivity contribution is 9.10. The number of H-pyrrole nitrogens is 1. The van der Waals surface area contributed by atoms with Gasteiger partial charge in [-0.3, -0.25) is 0 Å². The van der Waals surface area contributed by atoms with Crippen LogP contribution in [0.4, 0.5) is 4.39 Å². The number of para-hydroxylation sites is 2. The number of fused-ring (bicyclic) bond motifs is 1. The van der Waals surface area contributed by atoms with Crippen molar-refractivity contribution in [2.45, 2.75) is 6.61 Å². The maximum Gasteiger partial charge on any atom is 0.175 e. The molecule has 0 saturated carbocycles.